The molecule has 2 aromatic rings. The number of nitrogens with zero attached hydrogens (tertiary/aromatic N) is 4. The van der Waals surface area contributed by atoms with Gasteiger partial charge in [0.15, 0.2) is 5.82 Å². The Morgan fingerprint density at radius 1 is 1.42 bits per heavy atom. The smallest absolute Gasteiger partial charge is 0.249 e. The van der Waals surface area contributed by atoms with Crippen molar-refractivity contribution in [2.75, 3.05) is 0 Å². The zero-order chi connectivity index (χ0) is 16.9. The number of amides is 2. The van der Waals surface area contributed by atoms with Crippen molar-refractivity contribution >= 4 is 11.8 Å². The molecule has 0 spiro atoms. The first-order valence-corrected chi connectivity index (χ1v) is 7.95. The van der Waals surface area contributed by atoms with E-state index >= 15 is 0 Å². The largest absolute Gasteiger partial charge is 0.349 e. The fourth-order valence-electron chi connectivity index (χ4n) is 2.65. The number of likely N-dealkylation sites (tertiary alicyclic amines) is 1. The third kappa shape index (κ3) is 3.58. The summed E-state index contributed by atoms with van der Waals surface area (Å²) in [5.74, 6) is 0.818. The maximum absolute atomic E-state index is 12.2. The van der Waals surface area contributed by atoms with Gasteiger partial charge in [-0.25, -0.2) is 0 Å². The average molecular weight is 329 g/mol. The summed E-state index contributed by atoms with van der Waals surface area (Å²) >= 11 is 0. The van der Waals surface area contributed by atoms with E-state index in [1.807, 2.05) is 12.1 Å². The van der Waals surface area contributed by atoms with E-state index in [0.29, 0.717) is 37.5 Å². The summed E-state index contributed by atoms with van der Waals surface area (Å²) in [5.41, 5.74) is 1.00. The summed E-state index contributed by atoms with van der Waals surface area (Å²) in [6.45, 7) is 2.48. The first kappa shape index (κ1) is 16.1. The van der Waals surface area contributed by atoms with Crippen molar-refractivity contribution in [1.29, 1.82) is 0 Å². The van der Waals surface area contributed by atoms with E-state index in [0.717, 1.165) is 5.56 Å². The zero-order valence-electron chi connectivity index (χ0n) is 13.4. The number of rotatable bonds is 6. The van der Waals surface area contributed by atoms with Crippen LogP contribution in [0.5, 0.6) is 0 Å². The van der Waals surface area contributed by atoms with Crippen molar-refractivity contribution in [3.05, 3.63) is 41.8 Å². The van der Waals surface area contributed by atoms with Gasteiger partial charge in [-0.3, -0.25) is 14.6 Å². The second-order valence-electron chi connectivity index (χ2n) is 5.61. The van der Waals surface area contributed by atoms with Gasteiger partial charge in [-0.15, -0.1) is 0 Å². The van der Waals surface area contributed by atoms with Gasteiger partial charge in [-0.2, -0.15) is 4.98 Å². The zero-order valence-corrected chi connectivity index (χ0v) is 13.4. The van der Waals surface area contributed by atoms with Gasteiger partial charge in [0, 0.05) is 31.8 Å². The first-order chi connectivity index (χ1) is 11.7. The number of carbonyl (C=O) groups excluding carboxylic acids is 2. The Hall–Kier alpha value is -2.77. The molecule has 3 rings (SSSR count). The van der Waals surface area contributed by atoms with Crippen molar-refractivity contribution < 1.29 is 14.1 Å². The molecule has 8 heteroatoms. The molecular weight excluding hydrogens is 310 g/mol. The predicted octanol–water partition coefficient (Wildman–Crippen LogP) is 1.35. The van der Waals surface area contributed by atoms with E-state index in [-0.39, 0.29) is 24.4 Å². The van der Waals surface area contributed by atoms with Gasteiger partial charge in [-0.05, 0) is 24.1 Å². The molecule has 0 saturated carbocycles. The van der Waals surface area contributed by atoms with Crippen molar-refractivity contribution in [3.8, 4) is 0 Å². The number of pyridine rings is 1. The van der Waals surface area contributed by atoms with Gasteiger partial charge in [0.25, 0.3) is 0 Å². The third-order valence-corrected chi connectivity index (χ3v) is 3.96. The van der Waals surface area contributed by atoms with Gasteiger partial charge in [0.2, 0.25) is 17.7 Å². The van der Waals surface area contributed by atoms with E-state index < -0.39 is 0 Å². The van der Waals surface area contributed by atoms with E-state index in [2.05, 4.69) is 20.4 Å². The molecular formula is C16H19N5O3. The van der Waals surface area contributed by atoms with Crippen LogP contribution >= 0.6 is 0 Å². The Balaban J connectivity index is 1.69. The summed E-state index contributed by atoms with van der Waals surface area (Å²) in [4.78, 5) is 33.5. The molecule has 2 aromatic heterocycles. The molecule has 2 amide bonds. The monoisotopic (exact) mass is 329 g/mol. The normalized spacial score (nSPS) is 17.3. The number of nitrogens with one attached hydrogen (secondary N) is 1. The van der Waals surface area contributed by atoms with Crippen LogP contribution in [0.3, 0.4) is 0 Å². The van der Waals surface area contributed by atoms with E-state index in [1.54, 1.807) is 24.2 Å². The Bertz CT molecular complexity index is 716. The standard InChI is InChI=1S/C16H19N5O3/c1-2-14(22)18-9-13-19-16(24-20-13)12-3-4-15(23)21(12)10-11-5-7-17-8-6-11/h5-8,12H,2-4,9-10H2,1H3,(H,18,22)/t12-/m0/s1. The van der Waals surface area contributed by atoms with Crippen molar-refractivity contribution in [2.45, 2.75) is 45.3 Å². The third-order valence-electron chi connectivity index (χ3n) is 3.96. The highest BCUT2D eigenvalue weighted by Crippen LogP contribution is 2.33. The highest BCUT2D eigenvalue weighted by molar-refractivity contribution is 5.78. The summed E-state index contributed by atoms with van der Waals surface area (Å²) in [7, 11) is 0. The molecule has 0 aliphatic carbocycles. The minimum Gasteiger partial charge on any atom is -0.349 e. The van der Waals surface area contributed by atoms with Gasteiger partial charge < -0.3 is 14.7 Å². The van der Waals surface area contributed by atoms with Crippen LogP contribution in [0.2, 0.25) is 0 Å². The van der Waals surface area contributed by atoms with Crippen molar-refractivity contribution in [3.63, 3.8) is 0 Å². The molecule has 126 valence electrons. The molecule has 3 heterocycles. The van der Waals surface area contributed by atoms with Crippen LogP contribution < -0.4 is 5.32 Å². The summed E-state index contributed by atoms with van der Waals surface area (Å²) < 4.78 is 5.31. The number of hydrogen-bond donors (Lipinski definition) is 1. The molecule has 0 bridgehead atoms. The highest BCUT2D eigenvalue weighted by Gasteiger charge is 2.35. The van der Waals surface area contributed by atoms with Crippen LogP contribution in [0.25, 0.3) is 0 Å². The minimum atomic E-state index is -0.228. The number of hydrogen-bond acceptors (Lipinski definition) is 6. The van der Waals surface area contributed by atoms with Crippen molar-refractivity contribution in [2.24, 2.45) is 0 Å². The average Bonchev–Trinajstić information content (AvgIpc) is 3.21. The Labute approximate surface area is 139 Å². The van der Waals surface area contributed by atoms with Crippen LogP contribution in [0.1, 0.15) is 49.5 Å². The number of carbonyl (C=O) groups is 2. The summed E-state index contributed by atoms with van der Waals surface area (Å²) in [6, 6.07) is 3.53. The Kier molecular flexibility index (Phi) is 4.83. The van der Waals surface area contributed by atoms with E-state index in [1.165, 1.54) is 0 Å². The van der Waals surface area contributed by atoms with Gasteiger partial charge in [-0.1, -0.05) is 12.1 Å². The first-order valence-electron chi connectivity index (χ1n) is 7.95. The van der Waals surface area contributed by atoms with E-state index in [9.17, 15) is 9.59 Å². The minimum absolute atomic E-state index is 0.0656. The summed E-state index contributed by atoms with van der Waals surface area (Å²) in [5, 5.41) is 6.59. The lowest BCUT2D eigenvalue weighted by Crippen LogP contribution is -2.27. The fraction of sp³-hybridized carbons (Fsp3) is 0.438. The molecule has 0 radical (unpaired) electrons. The molecule has 1 aliphatic heterocycles. The molecule has 8 nitrogen and oxygen atoms in total. The quantitative estimate of drug-likeness (QED) is 0.858. The highest BCUT2D eigenvalue weighted by atomic mass is 16.5. The molecule has 0 aromatic carbocycles. The molecule has 1 fully saturated rings. The Morgan fingerprint density at radius 3 is 2.96 bits per heavy atom. The van der Waals surface area contributed by atoms with Gasteiger partial charge >= 0.3 is 0 Å². The Morgan fingerprint density at radius 2 is 2.21 bits per heavy atom. The fourth-order valence-corrected chi connectivity index (χ4v) is 2.65. The lowest BCUT2D eigenvalue weighted by atomic mass is 10.2. The molecule has 1 N–H and O–H groups in total. The SMILES string of the molecule is CCC(=O)NCc1noc([C@@H]2CCC(=O)N2Cc2ccncc2)n1. The topological polar surface area (TPSA) is 101 Å². The molecule has 1 atom stereocenters. The molecule has 24 heavy (non-hydrogen) atoms. The number of aromatic nitrogens is 3. The van der Waals surface area contributed by atoms with Crippen LogP contribution in [0, 0.1) is 0 Å². The summed E-state index contributed by atoms with van der Waals surface area (Å²) in [6.07, 6.45) is 4.91. The van der Waals surface area contributed by atoms with E-state index in [4.69, 9.17) is 4.52 Å². The maximum atomic E-state index is 12.2. The second-order valence-corrected chi connectivity index (χ2v) is 5.61. The second kappa shape index (κ2) is 7.20. The van der Waals surface area contributed by atoms with Crippen LogP contribution in [-0.4, -0.2) is 31.8 Å². The molecule has 1 saturated heterocycles. The predicted molar refractivity (Wildman–Crippen MR) is 83.2 cm³/mol. The van der Waals surface area contributed by atoms with Crippen molar-refractivity contribution in [1.82, 2.24) is 25.3 Å². The van der Waals surface area contributed by atoms with Gasteiger partial charge in [0.1, 0.15) is 6.04 Å². The van der Waals surface area contributed by atoms with Crippen LogP contribution in [-0.2, 0) is 22.7 Å². The maximum Gasteiger partial charge on any atom is 0.249 e. The van der Waals surface area contributed by atoms with Crippen LogP contribution in [0.15, 0.2) is 29.0 Å². The van der Waals surface area contributed by atoms with Gasteiger partial charge in [0.05, 0.1) is 6.54 Å². The molecule has 1 aliphatic rings. The lowest BCUT2D eigenvalue weighted by Gasteiger charge is -2.21. The van der Waals surface area contributed by atoms with Crippen LogP contribution in [0.4, 0.5) is 0 Å². The molecule has 0 unspecified atom stereocenters. The lowest BCUT2D eigenvalue weighted by molar-refractivity contribution is -0.130.